The van der Waals surface area contributed by atoms with E-state index in [1.54, 1.807) is 6.92 Å². The first kappa shape index (κ1) is 21.9. The fraction of sp³-hybridized carbons (Fsp3) is 0.222. The highest BCUT2D eigenvalue weighted by Gasteiger charge is 2.38. The van der Waals surface area contributed by atoms with Crippen molar-refractivity contribution in [2.45, 2.75) is 26.2 Å². The van der Waals surface area contributed by atoms with Gasteiger partial charge in [-0.15, -0.1) is 0 Å². The van der Waals surface area contributed by atoms with Gasteiger partial charge in [0.25, 0.3) is 5.91 Å². The number of nitrogens with two attached hydrogens (primary N) is 1. The normalized spacial score (nSPS) is 12.7. The molecule has 2 heterocycles. The summed E-state index contributed by atoms with van der Waals surface area (Å²) in [6.45, 7) is 3.06. The number of aromatic nitrogens is 4. The van der Waals surface area contributed by atoms with E-state index in [0.717, 1.165) is 10.9 Å². The predicted octanol–water partition coefficient (Wildman–Crippen LogP) is 3.08. The summed E-state index contributed by atoms with van der Waals surface area (Å²) in [5.41, 5.74) is 2.26. The number of hydrogen-bond acceptors (Lipinski definition) is 4. The Morgan fingerprint density at radius 2 is 1.71 bits per heavy atom. The second kappa shape index (κ2) is 7.46. The number of rotatable bonds is 4. The van der Waals surface area contributed by atoms with Gasteiger partial charge in [-0.05, 0) is 36.7 Å². The molecular weight excluding hydrogens is 432 g/mol. The summed E-state index contributed by atoms with van der Waals surface area (Å²) in [5, 5.41) is 7.49. The molecule has 2 N–H and O–H groups in total. The van der Waals surface area contributed by atoms with Crippen molar-refractivity contribution >= 4 is 17.7 Å². The zero-order valence-electron chi connectivity index (χ0n) is 15.8. The van der Waals surface area contributed by atoms with Gasteiger partial charge < -0.3 is 10.3 Å². The molecule has 1 amide bonds. The van der Waals surface area contributed by atoms with E-state index in [-0.39, 0.29) is 23.0 Å². The van der Waals surface area contributed by atoms with Crippen molar-refractivity contribution < 1.29 is 40.6 Å². The molecule has 0 radical (unpaired) electrons. The van der Waals surface area contributed by atoms with Crippen LogP contribution >= 0.6 is 0 Å². The van der Waals surface area contributed by atoms with Crippen LogP contribution in [0.25, 0.3) is 23.2 Å². The Labute approximate surface area is 170 Å². The van der Waals surface area contributed by atoms with Gasteiger partial charge in [0.15, 0.2) is 0 Å². The van der Waals surface area contributed by atoms with Crippen molar-refractivity contribution in [3.8, 4) is 11.4 Å². The standard InChI is InChI=1S/C18H11F6N5O2/c1-8-14(9(2)31-28-8)13(15(25)30)6-29-7-26-16(27-29)10-3-11(17(19,20)21)5-12(4-10)18(22,23)24/h3-6H,1-2H3,(H-,25,30)/p+1/b13-6+. The number of primary amides is 1. The summed E-state index contributed by atoms with van der Waals surface area (Å²) >= 11 is 0. The molecule has 13 heteroatoms. The van der Waals surface area contributed by atoms with Crippen molar-refractivity contribution in [3.05, 3.63) is 52.7 Å². The van der Waals surface area contributed by atoms with Gasteiger partial charge in [0.2, 0.25) is 0 Å². The average molecular weight is 444 g/mol. The van der Waals surface area contributed by atoms with Gasteiger partial charge in [-0.3, -0.25) is 4.79 Å². The Hall–Kier alpha value is -3.82. The van der Waals surface area contributed by atoms with E-state index < -0.39 is 40.8 Å². The van der Waals surface area contributed by atoms with Crippen molar-refractivity contribution in [1.82, 2.24) is 14.9 Å². The zero-order valence-corrected chi connectivity index (χ0v) is 15.8. The lowest BCUT2D eigenvalue weighted by Crippen LogP contribution is -2.14. The SMILES string of the molecule is Cc1noc(C)c1/C(=C\n1c#[n+]c(-c2cc(C(F)(F)F)cc(C(F)(F)F)c2)n1)C(N)=O. The Kier molecular flexibility index (Phi) is 5.26. The Morgan fingerprint density at radius 1 is 1.13 bits per heavy atom. The highest BCUT2D eigenvalue weighted by molar-refractivity contribution is 6.22. The number of alkyl halides is 6. The highest BCUT2D eigenvalue weighted by atomic mass is 19.4. The molecule has 0 bridgehead atoms. The van der Waals surface area contributed by atoms with Crippen molar-refractivity contribution in [3.63, 3.8) is 0 Å². The quantitative estimate of drug-likeness (QED) is 0.493. The first-order chi connectivity index (χ1) is 14.3. The van der Waals surface area contributed by atoms with E-state index >= 15 is 0 Å². The van der Waals surface area contributed by atoms with Crippen LogP contribution in [0.5, 0.6) is 0 Å². The van der Waals surface area contributed by atoms with Crippen LogP contribution in [0.4, 0.5) is 26.3 Å². The van der Waals surface area contributed by atoms with Crippen molar-refractivity contribution in [2.75, 3.05) is 0 Å². The van der Waals surface area contributed by atoms with Crippen LogP contribution < -0.4 is 10.7 Å². The van der Waals surface area contributed by atoms with Gasteiger partial charge >= 0.3 is 24.5 Å². The number of carbonyl (C=O) groups is 1. The molecule has 2 aromatic heterocycles. The number of benzene rings is 1. The molecule has 0 saturated carbocycles. The molecule has 0 aliphatic carbocycles. The third-order valence-corrected chi connectivity index (χ3v) is 4.13. The molecule has 3 rings (SSSR count). The maximum Gasteiger partial charge on any atom is 0.416 e. The number of hydrogen-bond donors (Lipinski definition) is 1. The topological polar surface area (TPSA) is 101 Å². The zero-order chi connectivity index (χ0) is 23.1. The summed E-state index contributed by atoms with van der Waals surface area (Å²) < 4.78 is 84.1. The summed E-state index contributed by atoms with van der Waals surface area (Å²) in [4.78, 5) is 15.5. The molecular formula is C18H12F6N5O2+. The van der Waals surface area contributed by atoms with Crippen LogP contribution in [0.2, 0.25) is 0 Å². The van der Waals surface area contributed by atoms with Gasteiger partial charge in [-0.1, -0.05) is 5.16 Å². The molecule has 162 valence electrons. The van der Waals surface area contributed by atoms with E-state index in [1.807, 2.05) is 0 Å². The van der Waals surface area contributed by atoms with E-state index in [2.05, 4.69) is 21.6 Å². The molecule has 3 aromatic rings. The minimum absolute atomic E-state index is 0.00718. The van der Waals surface area contributed by atoms with Crippen molar-refractivity contribution in [1.29, 1.82) is 0 Å². The lowest BCUT2D eigenvalue weighted by molar-refractivity contribution is -0.280. The van der Waals surface area contributed by atoms with Gasteiger partial charge in [0, 0.05) is 0 Å². The number of carbonyl (C=O) groups excluding carboxylic acids is 1. The fourth-order valence-corrected chi connectivity index (χ4v) is 2.75. The molecule has 0 atom stereocenters. The number of aryl methyl sites for hydroxylation is 2. The smallest absolute Gasteiger partial charge is 0.365 e. The minimum atomic E-state index is -5.02. The summed E-state index contributed by atoms with van der Waals surface area (Å²) in [5.74, 6) is -1.12. The Morgan fingerprint density at radius 3 is 2.16 bits per heavy atom. The van der Waals surface area contributed by atoms with E-state index in [4.69, 9.17) is 10.3 Å². The first-order valence-corrected chi connectivity index (χ1v) is 8.36. The minimum Gasteiger partial charge on any atom is -0.365 e. The second-order valence-corrected chi connectivity index (χ2v) is 6.38. The Bertz CT molecular complexity index is 1120. The van der Waals surface area contributed by atoms with E-state index in [0.29, 0.717) is 17.8 Å². The maximum atomic E-state index is 13.1. The third kappa shape index (κ3) is 4.52. The van der Waals surface area contributed by atoms with Crippen molar-refractivity contribution in [2.24, 2.45) is 5.73 Å². The number of halogens is 6. The Balaban J connectivity index is 2.10. The van der Waals surface area contributed by atoms with Gasteiger partial charge in [0.05, 0.1) is 38.6 Å². The van der Waals surface area contributed by atoms with Crippen LogP contribution in [0.3, 0.4) is 0 Å². The van der Waals surface area contributed by atoms with Crippen LogP contribution in [0.1, 0.15) is 28.1 Å². The van der Waals surface area contributed by atoms with Crippen LogP contribution in [0.15, 0.2) is 22.7 Å². The summed E-state index contributed by atoms with van der Waals surface area (Å²) in [7, 11) is 0. The molecule has 7 nitrogen and oxygen atoms in total. The van der Waals surface area contributed by atoms with E-state index in [1.165, 1.54) is 6.92 Å². The second-order valence-electron chi connectivity index (χ2n) is 6.38. The fourth-order valence-electron chi connectivity index (χ4n) is 2.75. The predicted molar refractivity (Wildman–Crippen MR) is 91.4 cm³/mol. The molecule has 0 saturated heterocycles. The number of nitrogens with zero attached hydrogens (tertiary/aromatic N) is 4. The summed E-state index contributed by atoms with van der Waals surface area (Å²) in [6.07, 6.45) is -6.72. The van der Waals surface area contributed by atoms with Gasteiger partial charge in [0.1, 0.15) is 12.0 Å². The van der Waals surface area contributed by atoms with Crippen LogP contribution in [0, 0.1) is 20.2 Å². The molecule has 1 aromatic carbocycles. The maximum absolute atomic E-state index is 13.1. The van der Waals surface area contributed by atoms with E-state index in [9.17, 15) is 31.1 Å². The first-order valence-electron chi connectivity index (χ1n) is 8.36. The number of amides is 1. The molecule has 0 unspecified atom stereocenters. The molecule has 0 aliphatic heterocycles. The molecule has 0 aliphatic rings. The van der Waals surface area contributed by atoms with Gasteiger partial charge in [-0.25, -0.2) is 0 Å². The van der Waals surface area contributed by atoms with Gasteiger partial charge in [-0.2, -0.15) is 31.3 Å². The molecule has 0 spiro atoms. The lowest BCUT2D eigenvalue weighted by atomic mass is 10.0. The van der Waals surface area contributed by atoms with Crippen LogP contribution in [-0.2, 0) is 17.1 Å². The molecule has 0 fully saturated rings. The van der Waals surface area contributed by atoms with Crippen LogP contribution in [-0.4, -0.2) is 20.8 Å². The lowest BCUT2D eigenvalue weighted by Gasteiger charge is -2.11. The summed E-state index contributed by atoms with van der Waals surface area (Å²) in [6, 6.07) is 0.957. The highest BCUT2D eigenvalue weighted by Crippen LogP contribution is 2.37. The molecule has 31 heavy (non-hydrogen) atoms. The largest absolute Gasteiger partial charge is 0.416 e. The third-order valence-electron chi connectivity index (χ3n) is 4.13. The average Bonchev–Trinajstić information content (AvgIpc) is 3.24. The monoisotopic (exact) mass is 444 g/mol.